The SMILES string of the molecule is CC(=O)N1CCN(c2cc(Br)ncn2)CC1. The summed E-state index contributed by atoms with van der Waals surface area (Å²) >= 11 is 3.32. The molecular weight excluding hydrogens is 272 g/mol. The van der Waals surface area contributed by atoms with Crippen molar-refractivity contribution in [3.63, 3.8) is 0 Å². The quantitative estimate of drug-likeness (QED) is 0.720. The summed E-state index contributed by atoms with van der Waals surface area (Å²) in [5, 5.41) is 0. The molecule has 0 N–H and O–H groups in total. The van der Waals surface area contributed by atoms with E-state index in [0.29, 0.717) is 0 Å². The number of halogens is 1. The fourth-order valence-electron chi connectivity index (χ4n) is 1.75. The number of rotatable bonds is 1. The molecule has 16 heavy (non-hydrogen) atoms. The molecule has 86 valence electrons. The zero-order valence-corrected chi connectivity index (χ0v) is 10.6. The molecule has 0 aromatic carbocycles. The normalized spacial score (nSPS) is 16.4. The molecule has 5 nitrogen and oxygen atoms in total. The predicted molar refractivity (Wildman–Crippen MR) is 64.2 cm³/mol. The van der Waals surface area contributed by atoms with Crippen LogP contribution in [0.5, 0.6) is 0 Å². The first-order valence-electron chi connectivity index (χ1n) is 5.15. The van der Waals surface area contributed by atoms with Crippen molar-refractivity contribution in [3.8, 4) is 0 Å². The fraction of sp³-hybridized carbons (Fsp3) is 0.500. The lowest BCUT2D eigenvalue weighted by molar-refractivity contribution is -0.129. The van der Waals surface area contributed by atoms with Gasteiger partial charge >= 0.3 is 0 Å². The van der Waals surface area contributed by atoms with Gasteiger partial charge in [-0.2, -0.15) is 0 Å². The van der Waals surface area contributed by atoms with Crippen LogP contribution in [0.3, 0.4) is 0 Å². The van der Waals surface area contributed by atoms with Crippen molar-refractivity contribution >= 4 is 27.7 Å². The van der Waals surface area contributed by atoms with E-state index in [9.17, 15) is 4.79 Å². The van der Waals surface area contributed by atoms with Crippen LogP contribution in [0.4, 0.5) is 5.82 Å². The Labute approximate surface area is 103 Å². The van der Waals surface area contributed by atoms with Crippen molar-refractivity contribution in [1.29, 1.82) is 0 Å². The molecular formula is C10H13BrN4O. The maximum absolute atomic E-state index is 11.2. The minimum Gasteiger partial charge on any atom is -0.353 e. The monoisotopic (exact) mass is 284 g/mol. The molecule has 1 aliphatic rings. The first-order valence-corrected chi connectivity index (χ1v) is 5.94. The van der Waals surface area contributed by atoms with Gasteiger partial charge in [0.25, 0.3) is 0 Å². The highest BCUT2D eigenvalue weighted by Crippen LogP contribution is 2.16. The molecule has 2 heterocycles. The van der Waals surface area contributed by atoms with Crippen LogP contribution in [-0.2, 0) is 4.79 Å². The van der Waals surface area contributed by atoms with E-state index in [1.54, 1.807) is 6.92 Å². The lowest BCUT2D eigenvalue weighted by Crippen LogP contribution is -2.48. The molecule has 0 aliphatic carbocycles. The standard InChI is InChI=1S/C10H13BrN4O/c1-8(16)14-2-4-15(5-3-14)10-6-9(11)12-7-13-10/h6-7H,2-5H2,1H3. The van der Waals surface area contributed by atoms with Crippen LogP contribution >= 0.6 is 15.9 Å². The fourth-order valence-corrected chi connectivity index (χ4v) is 2.04. The van der Waals surface area contributed by atoms with Gasteiger partial charge in [0, 0.05) is 39.2 Å². The lowest BCUT2D eigenvalue weighted by Gasteiger charge is -2.34. The smallest absolute Gasteiger partial charge is 0.219 e. The van der Waals surface area contributed by atoms with E-state index in [-0.39, 0.29) is 5.91 Å². The Morgan fingerprint density at radius 1 is 1.31 bits per heavy atom. The molecule has 1 fully saturated rings. The molecule has 0 unspecified atom stereocenters. The summed E-state index contributed by atoms with van der Waals surface area (Å²) in [5.74, 6) is 1.05. The van der Waals surface area contributed by atoms with Crippen LogP contribution < -0.4 is 4.90 Å². The van der Waals surface area contributed by atoms with Crippen LogP contribution in [0, 0.1) is 0 Å². The average molecular weight is 285 g/mol. The number of aromatic nitrogens is 2. The van der Waals surface area contributed by atoms with Crippen LogP contribution in [0.15, 0.2) is 17.0 Å². The first-order chi connectivity index (χ1) is 7.66. The molecule has 1 aliphatic heterocycles. The van der Waals surface area contributed by atoms with Gasteiger partial charge in [0.05, 0.1) is 0 Å². The Kier molecular flexibility index (Phi) is 3.38. The van der Waals surface area contributed by atoms with Crippen molar-refractivity contribution in [2.75, 3.05) is 31.1 Å². The number of amides is 1. The zero-order chi connectivity index (χ0) is 11.5. The Bertz CT molecular complexity index is 390. The summed E-state index contributed by atoms with van der Waals surface area (Å²) < 4.78 is 0.784. The third-order valence-corrected chi connectivity index (χ3v) is 3.10. The number of carbonyl (C=O) groups is 1. The number of hydrogen-bond acceptors (Lipinski definition) is 4. The van der Waals surface area contributed by atoms with Crippen molar-refractivity contribution in [1.82, 2.24) is 14.9 Å². The van der Waals surface area contributed by atoms with Gasteiger partial charge in [-0.3, -0.25) is 4.79 Å². The molecule has 0 radical (unpaired) electrons. The summed E-state index contributed by atoms with van der Waals surface area (Å²) in [6.07, 6.45) is 1.54. The number of anilines is 1. The maximum Gasteiger partial charge on any atom is 0.219 e. The van der Waals surface area contributed by atoms with Crippen LogP contribution in [0.2, 0.25) is 0 Å². The number of hydrogen-bond donors (Lipinski definition) is 0. The molecule has 1 aromatic rings. The van der Waals surface area contributed by atoms with Gasteiger partial charge in [0.2, 0.25) is 5.91 Å². The second kappa shape index (κ2) is 4.78. The minimum absolute atomic E-state index is 0.142. The van der Waals surface area contributed by atoms with Gasteiger partial charge in [-0.05, 0) is 15.9 Å². The molecule has 0 spiro atoms. The molecule has 1 amide bonds. The largest absolute Gasteiger partial charge is 0.353 e. The third kappa shape index (κ3) is 2.49. The Hall–Kier alpha value is -1.17. The second-order valence-corrected chi connectivity index (χ2v) is 4.50. The number of piperazine rings is 1. The highest BCUT2D eigenvalue weighted by Gasteiger charge is 2.19. The van der Waals surface area contributed by atoms with Crippen LogP contribution in [-0.4, -0.2) is 47.0 Å². The Morgan fingerprint density at radius 3 is 2.56 bits per heavy atom. The summed E-state index contributed by atoms with van der Waals surface area (Å²) in [5.41, 5.74) is 0. The molecule has 0 atom stereocenters. The molecule has 1 saturated heterocycles. The van der Waals surface area contributed by atoms with E-state index in [1.807, 2.05) is 11.0 Å². The van der Waals surface area contributed by atoms with E-state index in [4.69, 9.17) is 0 Å². The summed E-state index contributed by atoms with van der Waals surface area (Å²) in [7, 11) is 0. The Morgan fingerprint density at radius 2 is 2.00 bits per heavy atom. The van der Waals surface area contributed by atoms with E-state index in [0.717, 1.165) is 36.6 Å². The van der Waals surface area contributed by atoms with Gasteiger partial charge in [0.1, 0.15) is 16.7 Å². The van der Waals surface area contributed by atoms with Gasteiger partial charge < -0.3 is 9.80 Å². The summed E-state index contributed by atoms with van der Waals surface area (Å²) in [6, 6.07) is 1.89. The van der Waals surface area contributed by atoms with Crippen molar-refractivity contribution in [2.24, 2.45) is 0 Å². The van der Waals surface area contributed by atoms with Gasteiger partial charge in [0.15, 0.2) is 0 Å². The van der Waals surface area contributed by atoms with Gasteiger partial charge in [-0.15, -0.1) is 0 Å². The van der Waals surface area contributed by atoms with E-state index < -0.39 is 0 Å². The zero-order valence-electron chi connectivity index (χ0n) is 9.06. The van der Waals surface area contributed by atoms with Crippen molar-refractivity contribution < 1.29 is 4.79 Å². The van der Waals surface area contributed by atoms with Crippen molar-refractivity contribution in [2.45, 2.75) is 6.92 Å². The molecule has 0 bridgehead atoms. The summed E-state index contributed by atoms with van der Waals surface area (Å²) in [4.78, 5) is 23.4. The van der Waals surface area contributed by atoms with Crippen molar-refractivity contribution in [3.05, 3.63) is 17.0 Å². The van der Waals surface area contributed by atoms with E-state index >= 15 is 0 Å². The van der Waals surface area contributed by atoms with E-state index in [1.165, 1.54) is 6.33 Å². The first kappa shape index (κ1) is 11.3. The maximum atomic E-state index is 11.2. The van der Waals surface area contributed by atoms with Gasteiger partial charge in [-0.25, -0.2) is 9.97 Å². The Balaban J connectivity index is 2.01. The highest BCUT2D eigenvalue weighted by atomic mass is 79.9. The molecule has 1 aromatic heterocycles. The molecule has 6 heteroatoms. The summed E-state index contributed by atoms with van der Waals surface area (Å²) in [6.45, 7) is 4.77. The highest BCUT2D eigenvalue weighted by molar-refractivity contribution is 9.10. The van der Waals surface area contributed by atoms with Crippen LogP contribution in [0.25, 0.3) is 0 Å². The number of nitrogens with zero attached hydrogens (tertiary/aromatic N) is 4. The third-order valence-electron chi connectivity index (χ3n) is 2.67. The van der Waals surface area contributed by atoms with Crippen LogP contribution in [0.1, 0.15) is 6.92 Å². The van der Waals surface area contributed by atoms with E-state index in [2.05, 4.69) is 30.8 Å². The predicted octanol–water partition coefficient (Wildman–Crippen LogP) is 0.908. The topological polar surface area (TPSA) is 49.3 Å². The lowest BCUT2D eigenvalue weighted by atomic mass is 10.3. The average Bonchev–Trinajstić information content (AvgIpc) is 2.29. The molecule has 0 saturated carbocycles. The minimum atomic E-state index is 0.142. The second-order valence-electron chi connectivity index (χ2n) is 3.69. The molecule has 2 rings (SSSR count). The van der Waals surface area contributed by atoms with Gasteiger partial charge in [-0.1, -0.05) is 0 Å². The number of carbonyl (C=O) groups excluding carboxylic acids is 1.